The number of rotatable bonds is 3. The molecule has 0 saturated carbocycles. The van der Waals surface area contributed by atoms with Crippen molar-refractivity contribution in [2.75, 3.05) is 10.5 Å². The molecule has 0 saturated heterocycles. The average molecular weight is 442 g/mol. The van der Waals surface area contributed by atoms with Crippen LogP contribution in [-0.4, -0.2) is 8.42 Å². The standard InChI is InChI=1S/C12H8Br2F2N2O2S/c13-8-2-1-7(5-10(8)15)18-21(19,20)11-4-6(17)3-9(14)12(11)16/h1-5,18H,17H2. The van der Waals surface area contributed by atoms with Gasteiger partial charge >= 0.3 is 0 Å². The van der Waals surface area contributed by atoms with Crippen LogP contribution in [0.15, 0.2) is 44.2 Å². The molecule has 4 nitrogen and oxygen atoms in total. The summed E-state index contributed by atoms with van der Waals surface area (Å²) in [6.45, 7) is 0. The summed E-state index contributed by atoms with van der Waals surface area (Å²) in [6.07, 6.45) is 0. The molecule has 2 aromatic rings. The van der Waals surface area contributed by atoms with Gasteiger partial charge in [0.2, 0.25) is 0 Å². The number of nitrogens with one attached hydrogen (secondary N) is 1. The lowest BCUT2D eigenvalue weighted by molar-refractivity contribution is 0.567. The average Bonchev–Trinajstić information content (AvgIpc) is 2.37. The second kappa shape index (κ2) is 5.90. The van der Waals surface area contributed by atoms with Gasteiger partial charge in [-0.15, -0.1) is 0 Å². The summed E-state index contributed by atoms with van der Waals surface area (Å²) < 4.78 is 53.8. The monoisotopic (exact) mass is 440 g/mol. The van der Waals surface area contributed by atoms with E-state index in [0.29, 0.717) is 0 Å². The third-order valence-corrected chi connectivity index (χ3v) is 5.08. The van der Waals surface area contributed by atoms with E-state index >= 15 is 0 Å². The second-order valence-electron chi connectivity index (χ2n) is 4.05. The van der Waals surface area contributed by atoms with Gasteiger partial charge < -0.3 is 5.73 Å². The van der Waals surface area contributed by atoms with Crippen molar-refractivity contribution in [2.45, 2.75) is 4.90 Å². The Hall–Kier alpha value is -1.19. The van der Waals surface area contributed by atoms with E-state index in [9.17, 15) is 17.2 Å². The molecule has 0 spiro atoms. The number of halogens is 4. The normalized spacial score (nSPS) is 11.4. The summed E-state index contributed by atoms with van der Waals surface area (Å²) in [7, 11) is -4.24. The molecule has 112 valence electrons. The van der Waals surface area contributed by atoms with Crippen LogP contribution >= 0.6 is 31.9 Å². The molecule has 0 aliphatic carbocycles. The van der Waals surface area contributed by atoms with E-state index in [-0.39, 0.29) is 20.3 Å². The molecule has 9 heteroatoms. The minimum absolute atomic E-state index is 0.0337. The van der Waals surface area contributed by atoms with Crippen molar-refractivity contribution in [3.8, 4) is 0 Å². The zero-order chi connectivity index (χ0) is 15.8. The summed E-state index contributed by atoms with van der Waals surface area (Å²) in [5, 5.41) is 0. The zero-order valence-electron chi connectivity index (χ0n) is 10.2. The molecule has 0 fully saturated rings. The van der Waals surface area contributed by atoms with Gasteiger partial charge in [0.15, 0.2) is 5.82 Å². The smallest absolute Gasteiger partial charge is 0.264 e. The van der Waals surface area contributed by atoms with Crippen LogP contribution in [-0.2, 0) is 10.0 Å². The van der Waals surface area contributed by atoms with Gasteiger partial charge in [0, 0.05) is 5.69 Å². The van der Waals surface area contributed by atoms with Gasteiger partial charge in [-0.25, -0.2) is 17.2 Å². The lowest BCUT2D eigenvalue weighted by atomic mass is 10.3. The van der Waals surface area contributed by atoms with Crippen LogP contribution in [0.3, 0.4) is 0 Å². The summed E-state index contributed by atoms with van der Waals surface area (Å²) in [5.74, 6) is -1.63. The first kappa shape index (κ1) is 16.2. The van der Waals surface area contributed by atoms with E-state index in [0.717, 1.165) is 12.1 Å². The number of sulfonamides is 1. The Morgan fingerprint density at radius 2 is 1.71 bits per heavy atom. The predicted molar refractivity (Wildman–Crippen MR) is 83.4 cm³/mol. The SMILES string of the molecule is Nc1cc(Br)c(F)c(S(=O)(=O)Nc2ccc(Br)c(F)c2)c1. The molecule has 0 heterocycles. The van der Waals surface area contributed by atoms with Crippen LogP contribution in [0, 0.1) is 11.6 Å². The van der Waals surface area contributed by atoms with Crippen LogP contribution < -0.4 is 10.5 Å². The maximum atomic E-state index is 13.9. The van der Waals surface area contributed by atoms with Gasteiger partial charge in [-0.3, -0.25) is 4.72 Å². The summed E-state index contributed by atoms with van der Waals surface area (Å²) in [5.41, 5.74) is 5.55. The molecule has 0 aliphatic heterocycles. The van der Waals surface area contributed by atoms with E-state index in [1.54, 1.807) is 0 Å². The number of hydrogen-bond acceptors (Lipinski definition) is 3. The predicted octanol–water partition coefficient (Wildman–Crippen LogP) is 3.87. The third-order valence-electron chi connectivity index (χ3n) is 2.48. The number of nitrogen functional groups attached to an aromatic ring is 1. The molecule has 21 heavy (non-hydrogen) atoms. The molecule has 0 unspecified atom stereocenters. The molecule has 0 bridgehead atoms. The quantitative estimate of drug-likeness (QED) is 0.710. The minimum atomic E-state index is -4.24. The van der Waals surface area contributed by atoms with Crippen molar-refractivity contribution in [1.29, 1.82) is 0 Å². The van der Waals surface area contributed by atoms with Crippen LogP contribution in [0.4, 0.5) is 20.2 Å². The van der Waals surface area contributed by atoms with Crippen LogP contribution in [0.5, 0.6) is 0 Å². The molecule has 0 aliphatic rings. The number of hydrogen-bond donors (Lipinski definition) is 2. The summed E-state index contributed by atoms with van der Waals surface area (Å²) >= 11 is 5.83. The maximum Gasteiger partial charge on any atom is 0.264 e. The number of anilines is 2. The van der Waals surface area contributed by atoms with Crippen molar-refractivity contribution in [2.24, 2.45) is 0 Å². The van der Waals surface area contributed by atoms with Gasteiger partial charge in [-0.1, -0.05) is 0 Å². The molecule has 2 rings (SSSR count). The highest BCUT2D eigenvalue weighted by atomic mass is 79.9. The van der Waals surface area contributed by atoms with E-state index in [2.05, 4.69) is 36.6 Å². The van der Waals surface area contributed by atoms with Crippen LogP contribution in [0.1, 0.15) is 0 Å². The van der Waals surface area contributed by atoms with E-state index in [1.807, 2.05) is 0 Å². The van der Waals surface area contributed by atoms with Crippen LogP contribution in [0.2, 0.25) is 0 Å². The lowest BCUT2D eigenvalue weighted by Gasteiger charge is -2.11. The lowest BCUT2D eigenvalue weighted by Crippen LogP contribution is -2.15. The van der Waals surface area contributed by atoms with Gasteiger partial charge in [0.1, 0.15) is 10.7 Å². The Labute approximate surface area is 136 Å². The Kier molecular flexibility index (Phi) is 4.54. The van der Waals surface area contributed by atoms with Gasteiger partial charge in [0.25, 0.3) is 10.0 Å². The van der Waals surface area contributed by atoms with Crippen molar-refractivity contribution >= 4 is 53.3 Å². The summed E-state index contributed by atoms with van der Waals surface area (Å²) in [4.78, 5) is -0.627. The topological polar surface area (TPSA) is 72.2 Å². The fourth-order valence-corrected chi connectivity index (χ4v) is 3.59. The van der Waals surface area contributed by atoms with Crippen molar-refractivity contribution < 1.29 is 17.2 Å². The number of nitrogens with two attached hydrogens (primary N) is 1. The molecule has 0 atom stereocenters. The zero-order valence-corrected chi connectivity index (χ0v) is 14.2. The fourth-order valence-electron chi connectivity index (χ4n) is 1.55. The Morgan fingerprint density at radius 1 is 1.05 bits per heavy atom. The second-order valence-corrected chi connectivity index (χ2v) is 7.41. The molecule has 0 amide bonds. The highest BCUT2D eigenvalue weighted by Crippen LogP contribution is 2.28. The molecule has 0 aromatic heterocycles. The highest BCUT2D eigenvalue weighted by Gasteiger charge is 2.22. The first-order valence-corrected chi connectivity index (χ1v) is 8.50. The Bertz CT molecular complexity index is 813. The van der Waals surface area contributed by atoms with Crippen molar-refractivity contribution in [3.05, 3.63) is 50.9 Å². The molecule has 3 N–H and O–H groups in total. The van der Waals surface area contributed by atoms with Gasteiger partial charge in [-0.2, -0.15) is 0 Å². The van der Waals surface area contributed by atoms with Crippen molar-refractivity contribution in [1.82, 2.24) is 0 Å². The highest BCUT2D eigenvalue weighted by molar-refractivity contribution is 9.10. The van der Waals surface area contributed by atoms with Crippen LogP contribution in [0.25, 0.3) is 0 Å². The minimum Gasteiger partial charge on any atom is -0.399 e. The van der Waals surface area contributed by atoms with E-state index in [1.165, 1.54) is 18.2 Å². The largest absolute Gasteiger partial charge is 0.399 e. The molecular formula is C12H8Br2F2N2O2S. The Morgan fingerprint density at radius 3 is 2.33 bits per heavy atom. The molecular weight excluding hydrogens is 434 g/mol. The molecule has 0 radical (unpaired) electrons. The third kappa shape index (κ3) is 3.53. The van der Waals surface area contributed by atoms with Crippen molar-refractivity contribution in [3.63, 3.8) is 0 Å². The van der Waals surface area contributed by atoms with E-state index < -0.39 is 26.6 Å². The fraction of sp³-hybridized carbons (Fsp3) is 0. The summed E-state index contributed by atoms with van der Waals surface area (Å²) in [6, 6.07) is 5.87. The van der Waals surface area contributed by atoms with E-state index in [4.69, 9.17) is 5.73 Å². The maximum absolute atomic E-state index is 13.9. The number of benzene rings is 2. The first-order chi connectivity index (χ1) is 9.70. The first-order valence-electron chi connectivity index (χ1n) is 5.43. The van der Waals surface area contributed by atoms with Gasteiger partial charge in [-0.05, 0) is 62.2 Å². The van der Waals surface area contributed by atoms with Gasteiger partial charge in [0.05, 0.1) is 14.6 Å². The Balaban J connectivity index is 2.45. The molecule has 2 aromatic carbocycles.